The maximum absolute atomic E-state index is 13.5. The second-order valence-corrected chi connectivity index (χ2v) is 7.06. The van der Waals surface area contributed by atoms with Gasteiger partial charge in [0.2, 0.25) is 0 Å². The van der Waals surface area contributed by atoms with Crippen LogP contribution in [0.5, 0.6) is 0 Å². The van der Waals surface area contributed by atoms with Crippen LogP contribution in [0.1, 0.15) is 53.6 Å². The van der Waals surface area contributed by atoms with E-state index in [2.05, 4.69) is 41.3 Å². The number of hydrogen-bond acceptors (Lipinski definition) is 3. The monoisotopic (exact) mass is 414 g/mol. The summed E-state index contributed by atoms with van der Waals surface area (Å²) < 4.78 is 13.5. The van der Waals surface area contributed by atoms with Gasteiger partial charge in [0.1, 0.15) is 5.82 Å². The van der Waals surface area contributed by atoms with E-state index in [9.17, 15) is 14.0 Å². The number of aryl methyl sites for hydroxylation is 1. The molecule has 162 valence electrons. The van der Waals surface area contributed by atoms with Crippen LogP contribution in [0, 0.1) is 19.7 Å². The number of carbonyl (C=O) groups excluding carboxylic acids is 2. The van der Waals surface area contributed by atoms with Gasteiger partial charge in [0.25, 0.3) is 11.8 Å². The van der Waals surface area contributed by atoms with Crippen molar-refractivity contribution in [2.45, 2.75) is 34.6 Å². The molecule has 1 aromatic heterocycles. The van der Waals surface area contributed by atoms with Gasteiger partial charge in [0.15, 0.2) is 0 Å². The lowest BCUT2D eigenvalue weighted by molar-refractivity contribution is -0.110. The molecule has 0 atom stereocenters. The van der Waals surface area contributed by atoms with E-state index in [-0.39, 0.29) is 11.8 Å². The first-order chi connectivity index (χ1) is 14.3. The Balaban J connectivity index is 0.000000396. The second kappa shape index (κ2) is 10.2. The van der Waals surface area contributed by atoms with E-state index < -0.39 is 5.82 Å². The van der Waals surface area contributed by atoms with E-state index in [1.165, 1.54) is 37.8 Å². The van der Waals surface area contributed by atoms with Crippen molar-refractivity contribution in [3.63, 3.8) is 0 Å². The third kappa shape index (κ3) is 4.97. The number of H-pyrrole nitrogens is 1. The number of hydrogen-bond donors (Lipinski definition) is 3. The fraction of sp³-hybridized carbons (Fsp3) is 0.391. The highest BCUT2D eigenvalue weighted by molar-refractivity contribution is 6.34. The van der Waals surface area contributed by atoms with Gasteiger partial charge in [-0.2, -0.15) is 0 Å². The van der Waals surface area contributed by atoms with Crippen LogP contribution in [0.15, 0.2) is 18.2 Å². The van der Waals surface area contributed by atoms with E-state index in [1.807, 2.05) is 0 Å². The summed E-state index contributed by atoms with van der Waals surface area (Å²) in [5, 5.41) is 5.30. The van der Waals surface area contributed by atoms with E-state index in [0.717, 1.165) is 5.56 Å². The molecule has 0 fully saturated rings. The number of anilines is 1. The highest BCUT2D eigenvalue weighted by Crippen LogP contribution is 2.34. The number of halogens is 1. The minimum atomic E-state index is -0.406. The molecular weight excluding hydrogens is 383 g/mol. The molecule has 0 saturated heterocycles. The molecule has 1 aliphatic rings. The van der Waals surface area contributed by atoms with Crippen LogP contribution in [-0.2, 0) is 4.79 Å². The summed E-state index contributed by atoms with van der Waals surface area (Å²) in [6, 6.07) is 4.16. The molecule has 3 N–H and O–H groups in total. The quantitative estimate of drug-likeness (QED) is 0.648. The molecule has 1 aromatic carbocycles. The van der Waals surface area contributed by atoms with Gasteiger partial charge in [-0.1, -0.05) is 20.8 Å². The van der Waals surface area contributed by atoms with Gasteiger partial charge >= 0.3 is 0 Å². The molecule has 30 heavy (non-hydrogen) atoms. The SMILES string of the molecule is CCN(CC)CC.CNC(=O)c1c(C)[nH]c(/C=C2\C(=O)Nc3ccc(F)cc32)c1C. The highest BCUT2D eigenvalue weighted by atomic mass is 19.1. The Labute approximate surface area is 177 Å². The summed E-state index contributed by atoms with van der Waals surface area (Å²) in [7, 11) is 1.57. The number of rotatable bonds is 5. The lowest BCUT2D eigenvalue weighted by Crippen LogP contribution is -2.21. The maximum atomic E-state index is 13.5. The Hall–Kier alpha value is -2.93. The molecule has 0 aliphatic carbocycles. The van der Waals surface area contributed by atoms with Crippen LogP contribution < -0.4 is 10.6 Å². The first-order valence-corrected chi connectivity index (χ1v) is 10.2. The molecule has 2 amide bonds. The highest BCUT2D eigenvalue weighted by Gasteiger charge is 2.25. The number of carbonyl (C=O) groups is 2. The first kappa shape index (κ1) is 23.3. The lowest BCUT2D eigenvalue weighted by Gasteiger charge is -2.13. The van der Waals surface area contributed by atoms with Gasteiger partial charge in [-0.3, -0.25) is 9.59 Å². The molecule has 0 saturated carbocycles. The molecule has 6 nitrogen and oxygen atoms in total. The third-order valence-electron chi connectivity index (χ3n) is 5.33. The standard InChI is InChI=1S/C17H16FN3O2.C6H15N/c1-8-14(20-9(2)15(8)17(23)19-3)7-12-11-6-10(18)4-5-13(11)21-16(12)22;1-4-7(5-2)6-3/h4-7,20H,1-3H3,(H,19,23)(H,21,22);4-6H2,1-3H3/b12-7-;. The van der Waals surface area contributed by atoms with Crippen molar-refractivity contribution in [3.8, 4) is 0 Å². The van der Waals surface area contributed by atoms with Gasteiger partial charge < -0.3 is 20.5 Å². The van der Waals surface area contributed by atoms with E-state index in [1.54, 1.807) is 27.0 Å². The van der Waals surface area contributed by atoms with Crippen LogP contribution in [0.25, 0.3) is 11.6 Å². The number of aromatic amines is 1. The number of benzene rings is 1. The predicted molar refractivity (Wildman–Crippen MR) is 120 cm³/mol. The molecule has 2 aromatic rings. The second-order valence-electron chi connectivity index (χ2n) is 7.06. The molecule has 3 rings (SSSR count). The summed E-state index contributed by atoms with van der Waals surface area (Å²) in [5.41, 5.74) is 4.13. The molecule has 0 bridgehead atoms. The fourth-order valence-corrected chi connectivity index (χ4v) is 3.50. The van der Waals surface area contributed by atoms with Gasteiger partial charge in [0, 0.05) is 29.7 Å². The normalized spacial score (nSPS) is 13.7. The number of aromatic nitrogens is 1. The van der Waals surface area contributed by atoms with Gasteiger partial charge in [-0.15, -0.1) is 0 Å². The average Bonchev–Trinajstić information content (AvgIpc) is 3.18. The first-order valence-electron chi connectivity index (χ1n) is 10.2. The largest absolute Gasteiger partial charge is 0.358 e. The Kier molecular flexibility index (Phi) is 7.94. The topological polar surface area (TPSA) is 77.2 Å². The maximum Gasteiger partial charge on any atom is 0.256 e. The number of fused-ring (bicyclic) bond motifs is 1. The molecule has 0 radical (unpaired) electrons. The van der Waals surface area contributed by atoms with Gasteiger partial charge in [-0.05, 0) is 63.3 Å². The fourth-order valence-electron chi connectivity index (χ4n) is 3.50. The molecule has 7 heteroatoms. The molecule has 0 spiro atoms. The number of amides is 2. The molecule has 1 aliphatic heterocycles. The molecule has 0 unspecified atom stereocenters. The number of nitrogens with one attached hydrogen (secondary N) is 3. The van der Waals surface area contributed by atoms with Crippen molar-refractivity contribution >= 4 is 29.2 Å². The van der Waals surface area contributed by atoms with Crippen LogP contribution in [0.4, 0.5) is 10.1 Å². The van der Waals surface area contributed by atoms with Crippen LogP contribution >= 0.6 is 0 Å². The van der Waals surface area contributed by atoms with Crippen molar-refractivity contribution < 1.29 is 14.0 Å². The Morgan fingerprint density at radius 1 is 1.17 bits per heavy atom. The van der Waals surface area contributed by atoms with E-state index in [4.69, 9.17) is 0 Å². The average molecular weight is 415 g/mol. The zero-order chi connectivity index (χ0) is 22.4. The van der Waals surface area contributed by atoms with Crippen molar-refractivity contribution in [1.82, 2.24) is 15.2 Å². The smallest absolute Gasteiger partial charge is 0.256 e. The van der Waals surface area contributed by atoms with E-state index >= 15 is 0 Å². The van der Waals surface area contributed by atoms with Crippen molar-refractivity contribution in [2.24, 2.45) is 0 Å². The summed E-state index contributed by atoms with van der Waals surface area (Å²) in [4.78, 5) is 29.6. The number of nitrogens with zero attached hydrogens (tertiary/aromatic N) is 1. The Bertz CT molecular complexity index is 953. The van der Waals surface area contributed by atoms with E-state index in [0.29, 0.717) is 33.8 Å². The minimum Gasteiger partial charge on any atom is -0.358 e. The lowest BCUT2D eigenvalue weighted by atomic mass is 10.0. The third-order valence-corrected chi connectivity index (χ3v) is 5.33. The van der Waals surface area contributed by atoms with Crippen LogP contribution in [0.3, 0.4) is 0 Å². The summed E-state index contributed by atoms with van der Waals surface area (Å²) in [5.74, 6) is -0.890. The van der Waals surface area contributed by atoms with Gasteiger partial charge in [-0.25, -0.2) is 4.39 Å². The predicted octanol–water partition coefficient (Wildman–Crippen LogP) is 3.97. The zero-order valence-electron chi connectivity index (χ0n) is 18.6. The summed E-state index contributed by atoms with van der Waals surface area (Å²) in [6.07, 6.45) is 1.65. The van der Waals surface area contributed by atoms with Crippen molar-refractivity contribution in [1.29, 1.82) is 0 Å². The minimum absolute atomic E-state index is 0.191. The Morgan fingerprint density at radius 2 is 1.80 bits per heavy atom. The van der Waals surface area contributed by atoms with Crippen LogP contribution in [0.2, 0.25) is 0 Å². The van der Waals surface area contributed by atoms with Crippen molar-refractivity contribution in [3.05, 3.63) is 52.1 Å². The van der Waals surface area contributed by atoms with Crippen molar-refractivity contribution in [2.75, 3.05) is 32.0 Å². The Morgan fingerprint density at radius 3 is 2.33 bits per heavy atom. The zero-order valence-corrected chi connectivity index (χ0v) is 18.6. The summed E-state index contributed by atoms with van der Waals surface area (Å²) in [6.45, 7) is 13.7. The van der Waals surface area contributed by atoms with Gasteiger partial charge in [0.05, 0.1) is 11.1 Å². The molecule has 2 heterocycles. The summed E-state index contributed by atoms with van der Waals surface area (Å²) >= 11 is 0. The van der Waals surface area contributed by atoms with Crippen LogP contribution in [-0.4, -0.2) is 48.4 Å². The molecular formula is C23H31FN4O2.